The summed E-state index contributed by atoms with van der Waals surface area (Å²) in [5.41, 5.74) is 6.32. The minimum Gasteiger partial charge on any atom is -0.396 e. The molecule has 7 heteroatoms. The minimum absolute atomic E-state index is 0.0469. The summed E-state index contributed by atoms with van der Waals surface area (Å²) in [4.78, 5) is 11.3. The summed E-state index contributed by atoms with van der Waals surface area (Å²) in [7, 11) is -3.37. The van der Waals surface area contributed by atoms with E-state index in [1.165, 1.54) is 6.07 Å². The van der Waals surface area contributed by atoms with Gasteiger partial charge < -0.3 is 16.4 Å². The highest BCUT2D eigenvalue weighted by molar-refractivity contribution is 7.90. The lowest BCUT2D eigenvalue weighted by Crippen LogP contribution is -2.29. The van der Waals surface area contributed by atoms with Crippen LogP contribution in [0.25, 0.3) is 0 Å². The number of hydrogen-bond acceptors (Lipinski definition) is 5. The normalized spacial score (nSPS) is 11.0. The summed E-state index contributed by atoms with van der Waals surface area (Å²) >= 11 is 0. The Kier molecular flexibility index (Phi) is 4.55. The molecule has 0 bridgehead atoms. The highest BCUT2D eigenvalue weighted by Gasteiger charge is 2.14. The van der Waals surface area contributed by atoms with Crippen LogP contribution in [0.3, 0.4) is 0 Å². The Bertz CT molecular complexity index is 540. The third-order valence-electron chi connectivity index (χ3n) is 2.28. The van der Waals surface area contributed by atoms with Gasteiger partial charge in [-0.05, 0) is 19.1 Å². The molecule has 0 spiro atoms. The van der Waals surface area contributed by atoms with Crippen LogP contribution in [0.2, 0.25) is 0 Å². The van der Waals surface area contributed by atoms with Crippen molar-refractivity contribution in [1.29, 1.82) is 0 Å². The second-order valence-corrected chi connectivity index (χ2v) is 5.78. The summed E-state index contributed by atoms with van der Waals surface area (Å²) in [6.45, 7) is 2.40. The fourth-order valence-corrected chi connectivity index (χ4v) is 2.29. The molecule has 0 aliphatic carbocycles. The number of rotatable bonds is 5. The lowest BCUT2D eigenvalue weighted by molar-refractivity contribution is -0.119. The van der Waals surface area contributed by atoms with Crippen molar-refractivity contribution < 1.29 is 13.2 Å². The smallest absolute Gasteiger partial charge is 0.239 e. The number of carbonyl (C=O) groups is 1. The van der Waals surface area contributed by atoms with Crippen LogP contribution in [0, 0.1) is 0 Å². The monoisotopic (exact) mass is 271 g/mol. The Morgan fingerprint density at radius 1 is 1.39 bits per heavy atom. The van der Waals surface area contributed by atoms with E-state index in [-0.39, 0.29) is 23.0 Å². The van der Waals surface area contributed by atoms with Crippen LogP contribution in [0.15, 0.2) is 23.1 Å². The third-order valence-corrected chi connectivity index (χ3v) is 3.43. The number of nitrogens with two attached hydrogens (primary N) is 1. The maximum absolute atomic E-state index is 11.5. The highest BCUT2D eigenvalue weighted by Crippen LogP contribution is 2.26. The first kappa shape index (κ1) is 14.3. The van der Waals surface area contributed by atoms with Crippen molar-refractivity contribution in [3.8, 4) is 0 Å². The molecule has 18 heavy (non-hydrogen) atoms. The molecule has 1 aromatic carbocycles. The number of anilines is 2. The van der Waals surface area contributed by atoms with E-state index in [9.17, 15) is 13.2 Å². The molecule has 0 aliphatic heterocycles. The fraction of sp³-hybridized carbons (Fsp3) is 0.364. The Labute approximate surface area is 106 Å². The topological polar surface area (TPSA) is 101 Å². The van der Waals surface area contributed by atoms with E-state index in [1.807, 2.05) is 6.92 Å². The molecule has 0 heterocycles. The molecule has 0 aromatic heterocycles. The molecule has 0 aliphatic rings. The molecule has 6 nitrogen and oxygen atoms in total. The number of sulfone groups is 1. The second kappa shape index (κ2) is 5.72. The number of nitrogen functional groups attached to an aromatic ring is 1. The highest BCUT2D eigenvalue weighted by atomic mass is 32.2. The molecular formula is C11H17N3O3S. The summed E-state index contributed by atoms with van der Waals surface area (Å²) in [5.74, 6) is -0.179. The zero-order valence-electron chi connectivity index (χ0n) is 10.4. The van der Waals surface area contributed by atoms with Crippen LogP contribution in [0.1, 0.15) is 6.92 Å². The van der Waals surface area contributed by atoms with Crippen LogP contribution < -0.4 is 16.4 Å². The Hall–Kier alpha value is -1.76. The van der Waals surface area contributed by atoms with Crippen LogP contribution in [-0.4, -0.2) is 33.7 Å². The van der Waals surface area contributed by atoms with Crippen LogP contribution in [-0.2, 0) is 14.6 Å². The molecule has 0 saturated carbocycles. The fourth-order valence-electron chi connectivity index (χ4n) is 1.46. The summed E-state index contributed by atoms with van der Waals surface area (Å²) in [5, 5.41) is 5.43. The van der Waals surface area contributed by atoms with Crippen molar-refractivity contribution >= 4 is 27.1 Å². The molecule has 0 radical (unpaired) electrons. The largest absolute Gasteiger partial charge is 0.396 e. The quantitative estimate of drug-likeness (QED) is 0.665. The molecule has 1 aromatic rings. The van der Waals surface area contributed by atoms with E-state index < -0.39 is 9.84 Å². The Balaban J connectivity index is 2.89. The van der Waals surface area contributed by atoms with Gasteiger partial charge in [0.2, 0.25) is 5.91 Å². The van der Waals surface area contributed by atoms with Gasteiger partial charge in [0.1, 0.15) is 0 Å². The zero-order chi connectivity index (χ0) is 13.8. The first-order chi connectivity index (χ1) is 8.36. The van der Waals surface area contributed by atoms with E-state index in [4.69, 9.17) is 5.73 Å². The molecule has 0 fully saturated rings. The van der Waals surface area contributed by atoms with Gasteiger partial charge in [-0.3, -0.25) is 4.79 Å². The van der Waals surface area contributed by atoms with Crippen molar-refractivity contribution in [3.05, 3.63) is 18.2 Å². The predicted octanol–water partition coefficient (Wildman–Crippen LogP) is 0.220. The van der Waals surface area contributed by atoms with Gasteiger partial charge in [0, 0.05) is 12.8 Å². The van der Waals surface area contributed by atoms with Gasteiger partial charge >= 0.3 is 0 Å². The Morgan fingerprint density at radius 3 is 2.61 bits per heavy atom. The number of amides is 1. The maximum Gasteiger partial charge on any atom is 0.239 e. The van der Waals surface area contributed by atoms with E-state index >= 15 is 0 Å². The first-order valence-electron chi connectivity index (χ1n) is 5.45. The van der Waals surface area contributed by atoms with E-state index in [2.05, 4.69) is 10.6 Å². The van der Waals surface area contributed by atoms with E-state index in [0.717, 1.165) is 6.26 Å². The molecule has 100 valence electrons. The maximum atomic E-state index is 11.5. The van der Waals surface area contributed by atoms with Crippen LogP contribution in [0.5, 0.6) is 0 Å². The molecule has 0 atom stereocenters. The SMILES string of the molecule is CCNC(=O)CNc1cccc(S(C)(=O)=O)c1N. The number of benzene rings is 1. The molecule has 1 rings (SSSR count). The lowest BCUT2D eigenvalue weighted by Gasteiger charge is -2.11. The van der Waals surface area contributed by atoms with Crippen molar-refractivity contribution in [1.82, 2.24) is 5.32 Å². The van der Waals surface area contributed by atoms with Gasteiger partial charge in [0.25, 0.3) is 0 Å². The molecular weight excluding hydrogens is 254 g/mol. The average molecular weight is 271 g/mol. The number of carbonyl (C=O) groups excluding carboxylic acids is 1. The lowest BCUT2D eigenvalue weighted by atomic mass is 10.2. The van der Waals surface area contributed by atoms with Gasteiger partial charge in [-0.15, -0.1) is 0 Å². The molecule has 0 saturated heterocycles. The molecule has 4 N–H and O–H groups in total. The molecule has 1 amide bonds. The third kappa shape index (κ3) is 3.63. The number of nitrogens with one attached hydrogen (secondary N) is 2. The summed E-state index contributed by atoms with van der Waals surface area (Å²) in [6, 6.07) is 4.64. The van der Waals surface area contributed by atoms with Gasteiger partial charge in [0.15, 0.2) is 9.84 Å². The van der Waals surface area contributed by atoms with Gasteiger partial charge in [-0.25, -0.2) is 8.42 Å². The van der Waals surface area contributed by atoms with Crippen LogP contribution in [0.4, 0.5) is 11.4 Å². The number of hydrogen-bond donors (Lipinski definition) is 3. The predicted molar refractivity (Wildman–Crippen MR) is 71.1 cm³/mol. The van der Waals surface area contributed by atoms with E-state index in [0.29, 0.717) is 12.2 Å². The molecule has 0 unspecified atom stereocenters. The van der Waals surface area contributed by atoms with Gasteiger partial charge in [-0.2, -0.15) is 0 Å². The van der Waals surface area contributed by atoms with Gasteiger partial charge in [-0.1, -0.05) is 6.07 Å². The summed E-state index contributed by atoms with van der Waals surface area (Å²) in [6.07, 6.45) is 1.09. The summed E-state index contributed by atoms with van der Waals surface area (Å²) < 4.78 is 22.9. The Morgan fingerprint density at radius 2 is 2.06 bits per heavy atom. The second-order valence-electron chi connectivity index (χ2n) is 3.80. The van der Waals surface area contributed by atoms with Crippen molar-refractivity contribution in [2.45, 2.75) is 11.8 Å². The van der Waals surface area contributed by atoms with Gasteiger partial charge in [0.05, 0.1) is 22.8 Å². The number of para-hydroxylation sites is 1. The minimum atomic E-state index is -3.37. The average Bonchev–Trinajstić information content (AvgIpc) is 2.26. The van der Waals surface area contributed by atoms with Crippen molar-refractivity contribution in [2.24, 2.45) is 0 Å². The van der Waals surface area contributed by atoms with Crippen LogP contribution >= 0.6 is 0 Å². The zero-order valence-corrected chi connectivity index (χ0v) is 11.2. The number of likely N-dealkylation sites (N-methyl/N-ethyl adjacent to an activating group) is 1. The first-order valence-corrected chi connectivity index (χ1v) is 7.34. The van der Waals surface area contributed by atoms with E-state index in [1.54, 1.807) is 12.1 Å². The van der Waals surface area contributed by atoms with Crippen molar-refractivity contribution in [3.63, 3.8) is 0 Å². The van der Waals surface area contributed by atoms with Crippen molar-refractivity contribution in [2.75, 3.05) is 30.4 Å². The standard InChI is InChI=1S/C11H17N3O3S/c1-3-13-10(15)7-14-8-5-4-6-9(11(8)12)18(2,16)17/h4-6,14H,3,7,12H2,1-2H3,(H,13,15).